The van der Waals surface area contributed by atoms with Crippen molar-refractivity contribution in [2.75, 3.05) is 0 Å². The monoisotopic (exact) mass is 464 g/mol. The van der Waals surface area contributed by atoms with Gasteiger partial charge in [-0.25, -0.2) is 0 Å². The summed E-state index contributed by atoms with van der Waals surface area (Å²) in [6.45, 7) is 0. The summed E-state index contributed by atoms with van der Waals surface area (Å²) < 4.78 is 1.75. The maximum Gasteiger partial charge on any atom is 0.197 e. The number of ketones is 2. The third-order valence-electron chi connectivity index (χ3n) is 3.02. The van der Waals surface area contributed by atoms with Gasteiger partial charge in [0.05, 0.1) is 23.2 Å². The summed E-state index contributed by atoms with van der Waals surface area (Å²) >= 11 is 20.1. The van der Waals surface area contributed by atoms with Gasteiger partial charge in [-0.15, -0.1) is 11.3 Å². The van der Waals surface area contributed by atoms with Crippen LogP contribution in [0.15, 0.2) is 31.3 Å². The molecule has 1 aliphatic rings. The average molecular weight is 467 g/mol. The molecular weight excluding hydrogens is 463 g/mol. The van der Waals surface area contributed by atoms with Crippen molar-refractivity contribution in [1.29, 1.82) is 0 Å². The van der Waals surface area contributed by atoms with Crippen LogP contribution in [0.1, 0.15) is 26.3 Å². The second-order valence-electron chi connectivity index (χ2n) is 4.31. The zero-order valence-corrected chi connectivity index (χ0v) is 15.5. The topological polar surface area (TPSA) is 34.1 Å². The highest BCUT2D eigenvalue weighted by Crippen LogP contribution is 2.37. The van der Waals surface area contributed by atoms with Crippen LogP contribution in [0.5, 0.6) is 0 Å². The molecule has 106 valence electrons. The lowest BCUT2D eigenvalue weighted by molar-refractivity contribution is 0.0990. The number of hydrogen-bond acceptors (Lipinski definition) is 3. The number of benzene rings is 1. The Hall–Kier alpha value is -0.460. The van der Waals surface area contributed by atoms with Crippen molar-refractivity contribution in [2.45, 2.75) is 0 Å². The van der Waals surface area contributed by atoms with Crippen molar-refractivity contribution in [1.82, 2.24) is 0 Å². The van der Waals surface area contributed by atoms with Crippen LogP contribution in [0, 0.1) is 0 Å². The van der Waals surface area contributed by atoms with Crippen LogP contribution in [0.3, 0.4) is 0 Å². The minimum absolute atomic E-state index is 0.120. The number of hydrogen-bond donors (Lipinski definition) is 0. The van der Waals surface area contributed by atoms with E-state index < -0.39 is 0 Å². The fourth-order valence-electron chi connectivity index (χ4n) is 2.05. The molecule has 1 heterocycles. The normalized spacial score (nSPS) is 13.8. The smallest absolute Gasteiger partial charge is 0.197 e. The van der Waals surface area contributed by atoms with Crippen molar-refractivity contribution in [3.05, 3.63) is 58.1 Å². The number of thiophene rings is 1. The predicted molar refractivity (Wildman–Crippen MR) is 92.8 cm³/mol. The van der Waals surface area contributed by atoms with Gasteiger partial charge in [-0.2, -0.15) is 0 Å². The molecule has 0 radical (unpaired) electrons. The zero-order chi connectivity index (χ0) is 15.3. The first-order chi connectivity index (χ1) is 9.88. The van der Waals surface area contributed by atoms with Crippen LogP contribution < -0.4 is 0 Å². The molecule has 0 amide bonds. The SMILES string of the molecule is O=C1C(=Cc2cc(Br)sc2Br)C(=O)c2cc(Cl)c(Cl)cc21. The second kappa shape index (κ2) is 5.63. The molecule has 0 spiro atoms. The van der Waals surface area contributed by atoms with E-state index in [9.17, 15) is 9.59 Å². The molecule has 3 rings (SSSR count). The van der Waals surface area contributed by atoms with Crippen molar-refractivity contribution in [3.8, 4) is 0 Å². The number of fused-ring (bicyclic) bond motifs is 1. The molecular formula is C14H4Br2Cl2O2S. The van der Waals surface area contributed by atoms with Gasteiger partial charge in [-0.05, 0) is 56.1 Å². The number of rotatable bonds is 1. The largest absolute Gasteiger partial charge is 0.288 e. The van der Waals surface area contributed by atoms with Crippen LogP contribution in [-0.4, -0.2) is 11.6 Å². The van der Waals surface area contributed by atoms with Crippen molar-refractivity contribution < 1.29 is 9.59 Å². The van der Waals surface area contributed by atoms with E-state index in [1.165, 1.54) is 23.5 Å². The van der Waals surface area contributed by atoms with E-state index in [0.717, 1.165) is 13.1 Å². The Balaban J connectivity index is 2.14. The fourth-order valence-corrected chi connectivity index (χ4v) is 5.11. The first kappa shape index (κ1) is 15.4. The molecule has 0 fully saturated rings. The summed E-state index contributed by atoms with van der Waals surface area (Å²) in [7, 11) is 0. The van der Waals surface area contributed by atoms with Crippen molar-refractivity contribution >= 4 is 84.0 Å². The summed E-state index contributed by atoms with van der Waals surface area (Å²) in [5.74, 6) is -0.662. The Kier molecular flexibility index (Phi) is 4.14. The Labute approximate surface area is 151 Å². The van der Waals surface area contributed by atoms with E-state index >= 15 is 0 Å². The molecule has 0 bridgehead atoms. The Morgan fingerprint density at radius 2 is 1.48 bits per heavy atom. The molecule has 0 aliphatic heterocycles. The standard InChI is InChI=1S/C14H4Br2Cl2O2S/c15-11-2-5(14(16)21-11)1-8-12(19)6-3-9(17)10(18)4-7(6)13(8)20/h1-4H. The Morgan fingerprint density at radius 3 is 1.90 bits per heavy atom. The second-order valence-corrected chi connectivity index (χ2v) is 8.87. The molecule has 1 aliphatic carbocycles. The molecule has 7 heteroatoms. The summed E-state index contributed by atoms with van der Waals surface area (Å²) in [4.78, 5) is 24.8. The molecule has 0 saturated carbocycles. The van der Waals surface area contributed by atoms with Gasteiger partial charge >= 0.3 is 0 Å². The first-order valence-electron chi connectivity index (χ1n) is 5.63. The molecule has 0 atom stereocenters. The number of allylic oxidation sites excluding steroid dienone is 1. The first-order valence-corrected chi connectivity index (χ1v) is 8.79. The number of Topliss-reactive ketones (excluding diaryl/α,β-unsaturated/α-hetero) is 2. The third kappa shape index (κ3) is 2.66. The highest BCUT2D eigenvalue weighted by molar-refractivity contribution is 9.12. The third-order valence-corrected chi connectivity index (χ3v) is 6.13. The van der Waals surface area contributed by atoms with Crippen LogP contribution in [0.4, 0.5) is 0 Å². The molecule has 1 aromatic carbocycles. The number of carbonyl (C=O) groups is 2. The average Bonchev–Trinajstić information content (AvgIpc) is 2.84. The van der Waals surface area contributed by atoms with Crippen LogP contribution >= 0.6 is 66.4 Å². The summed E-state index contributed by atoms with van der Waals surface area (Å²) in [5, 5.41) is 0.523. The molecule has 1 aromatic heterocycles. The van der Waals surface area contributed by atoms with Gasteiger partial charge in [-0.1, -0.05) is 23.2 Å². The maximum atomic E-state index is 12.4. The van der Waals surface area contributed by atoms with Crippen LogP contribution in [0.2, 0.25) is 10.0 Å². The van der Waals surface area contributed by atoms with Crippen molar-refractivity contribution in [3.63, 3.8) is 0 Å². The molecule has 2 aromatic rings. The summed E-state index contributed by atoms with van der Waals surface area (Å²) in [5.41, 5.74) is 1.49. The van der Waals surface area contributed by atoms with Gasteiger partial charge < -0.3 is 0 Å². The van der Waals surface area contributed by atoms with Gasteiger partial charge in [0, 0.05) is 16.7 Å². The van der Waals surface area contributed by atoms with Gasteiger partial charge in [0.15, 0.2) is 11.6 Å². The highest BCUT2D eigenvalue weighted by Gasteiger charge is 2.34. The Morgan fingerprint density at radius 1 is 0.952 bits per heavy atom. The minimum atomic E-state index is -0.331. The van der Waals surface area contributed by atoms with Gasteiger partial charge in [-0.3, -0.25) is 9.59 Å². The van der Waals surface area contributed by atoms with E-state index in [-0.39, 0.29) is 27.2 Å². The lowest BCUT2D eigenvalue weighted by Crippen LogP contribution is -1.99. The molecule has 0 N–H and O–H groups in total. The van der Waals surface area contributed by atoms with E-state index in [1.54, 1.807) is 6.08 Å². The number of carbonyl (C=O) groups excluding carboxylic acids is 2. The Bertz CT molecular complexity index is 797. The van der Waals surface area contributed by atoms with E-state index in [2.05, 4.69) is 31.9 Å². The summed E-state index contributed by atoms with van der Waals surface area (Å²) in [6.07, 6.45) is 1.58. The van der Waals surface area contributed by atoms with E-state index in [1.807, 2.05) is 6.07 Å². The fraction of sp³-hybridized carbons (Fsp3) is 0. The van der Waals surface area contributed by atoms with Gasteiger partial charge in [0.25, 0.3) is 0 Å². The maximum absolute atomic E-state index is 12.4. The molecule has 2 nitrogen and oxygen atoms in total. The predicted octanol–water partition coefficient (Wildman–Crippen LogP) is 6.04. The van der Waals surface area contributed by atoms with Crippen molar-refractivity contribution in [2.24, 2.45) is 0 Å². The van der Waals surface area contributed by atoms with Crippen LogP contribution in [0.25, 0.3) is 6.08 Å². The van der Waals surface area contributed by atoms with E-state index in [4.69, 9.17) is 23.2 Å². The zero-order valence-electron chi connectivity index (χ0n) is 10.0. The lowest BCUT2D eigenvalue weighted by atomic mass is 10.1. The summed E-state index contributed by atoms with van der Waals surface area (Å²) in [6, 6.07) is 4.73. The highest BCUT2D eigenvalue weighted by atomic mass is 79.9. The minimum Gasteiger partial charge on any atom is -0.288 e. The molecule has 21 heavy (non-hydrogen) atoms. The van der Waals surface area contributed by atoms with Gasteiger partial charge in [0.1, 0.15) is 0 Å². The molecule has 0 saturated heterocycles. The number of halogens is 4. The molecule has 0 unspecified atom stereocenters. The lowest BCUT2D eigenvalue weighted by Gasteiger charge is -1.98. The van der Waals surface area contributed by atoms with Crippen LogP contribution in [-0.2, 0) is 0 Å². The van der Waals surface area contributed by atoms with E-state index in [0.29, 0.717) is 11.1 Å². The quantitative estimate of drug-likeness (QED) is 0.379. The van der Waals surface area contributed by atoms with Gasteiger partial charge in [0.2, 0.25) is 0 Å².